The second-order valence-corrected chi connectivity index (χ2v) is 15.1. The van der Waals surface area contributed by atoms with Crippen LogP contribution in [0.15, 0.2) is 49.1 Å². The molecule has 0 atom stereocenters. The molecule has 2 N–H and O–H groups in total. The molecule has 2 aromatic heterocycles. The molecule has 0 aliphatic heterocycles. The molecule has 0 saturated carbocycles. The van der Waals surface area contributed by atoms with Gasteiger partial charge in [-0.3, -0.25) is 9.59 Å². The highest BCUT2D eigenvalue weighted by atomic mass is 16.2. The van der Waals surface area contributed by atoms with Crippen LogP contribution in [0, 0.1) is 13.8 Å². The summed E-state index contributed by atoms with van der Waals surface area (Å²) in [5.41, 5.74) is 8.66. The topological polar surface area (TPSA) is 75.8 Å². The Morgan fingerprint density at radius 1 is 0.566 bits per heavy atom. The maximum Gasteiger partial charge on any atom is 0.348 e. The number of benzene rings is 2. The number of amides is 2. The third kappa shape index (κ3) is 11.4. The summed E-state index contributed by atoms with van der Waals surface area (Å²) >= 11 is 0. The van der Waals surface area contributed by atoms with E-state index in [0.717, 1.165) is 78.8 Å². The maximum atomic E-state index is 13.7. The summed E-state index contributed by atoms with van der Waals surface area (Å²) in [5, 5.41) is 6.58. The summed E-state index contributed by atoms with van der Waals surface area (Å²) in [4.78, 5) is 27.4. The van der Waals surface area contributed by atoms with E-state index in [4.69, 9.17) is 0 Å². The maximum absolute atomic E-state index is 13.7. The quantitative estimate of drug-likeness (QED) is 0.0626. The minimum absolute atomic E-state index is 0.0712. The van der Waals surface area contributed by atoms with E-state index in [2.05, 4.69) is 85.6 Å². The van der Waals surface area contributed by atoms with Crippen molar-refractivity contribution in [3.05, 3.63) is 94.1 Å². The van der Waals surface area contributed by atoms with E-state index < -0.39 is 0 Å². The van der Waals surface area contributed by atoms with Gasteiger partial charge >= 0.3 is 23.5 Å². The van der Waals surface area contributed by atoms with Gasteiger partial charge in [-0.1, -0.05) is 103 Å². The van der Waals surface area contributed by atoms with Gasteiger partial charge in [-0.25, -0.2) is 18.3 Å². The van der Waals surface area contributed by atoms with Crippen LogP contribution in [0.1, 0.15) is 159 Å². The van der Waals surface area contributed by atoms with Crippen LogP contribution < -0.4 is 19.8 Å². The molecule has 0 saturated heterocycles. The van der Waals surface area contributed by atoms with Crippen molar-refractivity contribution in [1.29, 1.82) is 0 Å². The van der Waals surface area contributed by atoms with Crippen LogP contribution in [0.25, 0.3) is 0 Å². The van der Waals surface area contributed by atoms with Crippen molar-refractivity contribution in [3.63, 3.8) is 0 Å². The smallest absolute Gasteiger partial charge is 0.315 e. The zero-order chi connectivity index (χ0) is 38.3. The highest BCUT2D eigenvalue weighted by molar-refractivity contribution is 6.02. The van der Waals surface area contributed by atoms with Gasteiger partial charge in [0.2, 0.25) is 0 Å². The van der Waals surface area contributed by atoms with E-state index in [1.165, 1.54) is 75.3 Å². The minimum Gasteiger partial charge on any atom is -0.315 e. The average molecular weight is 725 g/mol. The number of rotatable bonds is 22. The number of carbonyl (C=O) groups excluding carboxylic acids is 2. The van der Waals surface area contributed by atoms with Gasteiger partial charge in [-0.05, 0) is 92.2 Å². The van der Waals surface area contributed by atoms with Gasteiger partial charge in [0.25, 0.3) is 0 Å². The van der Waals surface area contributed by atoms with Gasteiger partial charge in [-0.15, -0.1) is 0 Å². The van der Waals surface area contributed by atoms with Crippen LogP contribution in [0.3, 0.4) is 0 Å². The Morgan fingerprint density at radius 3 is 1.32 bits per heavy atom. The summed E-state index contributed by atoms with van der Waals surface area (Å²) < 4.78 is 8.04. The lowest BCUT2D eigenvalue weighted by atomic mass is 9.94. The fraction of sp³-hybridized carbons (Fsp3) is 0.556. The summed E-state index contributed by atoms with van der Waals surface area (Å²) in [6, 6.07) is 8.90. The highest BCUT2D eigenvalue weighted by Crippen LogP contribution is 2.29. The lowest BCUT2D eigenvalue weighted by Gasteiger charge is -2.17. The molecule has 0 radical (unpaired) electrons. The van der Waals surface area contributed by atoms with Crippen LogP contribution in [0.2, 0.25) is 0 Å². The summed E-state index contributed by atoms with van der Waals surface area (Å²) in [6.07, 6.45) is 25.1. The van der Waals surface area contributed by atoms with Crippen LogP contribution >= 0.6 is 0 Å². The molecule has 2 amide bonds. The molecule has 2 aromatic carbocycles. The van der Waals surface area contributed by atoms with Crippen molar-refractivity contribution in [1.82, 2.24) is 9.13 Å². The van der Waals surface area contributed by atoms with Crippen molar-refractivity contribution in [2.24, 2.45) is 14.1 Å². The van der Waals surface area contributed by atoms with Crippen LogP contribution in [-0.2, 0) is 46.4 Å². The molecular weight excluding hydrogens is 657 g/mol. The Bertz CT molecular complexity index is 1670. The third-order valence-corrected chi connectivity index (χ3v) is 10.7. The highest BCUT2D eigenvalue weighted by Gasteiger charge is 2.26. The number of aromatic nitrogens is 4. The molecule has 8 heteroatoms. The van der Waals surface area contributed by atoms with Gasteiger partial charge in [0.1, 0.15) is 24.8 Å². The Labute approximate surface area is 320 Å². The number of unbranched alkanes of at least 4 members (excludes halogenated alkanes) is 10. The van der Waals surface area contributed by atoms with E-state index in [1.54, 1.807) is 0 Å². The Balaban J connectivity index is 1.45. The summed E-state index contributed by atoms with van der Waals surface area (Å²) in [5.74, 6) is 1.22. The number of nitrogens with one attached hydrogen (secondary N) is 2. The Morgan fingerprint density at radius 2 is 0.943 bits per heavy atom. The fourth-order valence-corrected chi connectivity index (χ4v) is 7.69. The van der Waals surface area contributed by atoms with E-state index >= 15 is 0 Å². The van der Waals surface area contributed by atoms with Gasteiger partial charge in [-0.2, -0.15) is 0 Å². The molecule has 53 heavy (non-hydrogen) atoms. The van der Waals surface area contributed by atoms with Gasteiger partial charge in [0.05, 0.1) is 27.2 Å². The normalized spacial score (nSPS) is 11.3. The van der Waals surface area contributed by atoms with Crippen LogP contribution in [0.5, 0.6) is 0 Å². The number of anilines is 2. The Hall–Kier alpha value is -4.20. The van der Waals surface area contributed by atoms with E-state index in [0.29, 0.717) is 11.6 Å². The first-order valence-corrected chi connectivity index (χ1v) is 20.6. The van der Waals surface area contributed by atoms with Gasteiger partial charge in [0.15, 0.2) is 0 Å². The molecule has 0 fully saturated rings. The predicted molar refractivity (Wildman–Crippen MR) is 218 cm³/mol. The zero-order valence-corrected chi connectivity index (χ0v) is 34.2. The molecule has 0 aliphatic carbocycles. The number of aryl methyl sites for hydroxylation is 8. The second-order valence-electron chi connectivity index (χ2n) is 15.1. The standard InChI is InChI=1S/C45H66N6O2/c1-9-13-15-17-19-21-23-50-27-25-48(7)44(50)42(52)46-40-34(5)29-36(32-38(40)11-3)31-37-30-35(6)41(39(12-4)33-37)47-43(53)45-49(8)26-28-51(45)24-22-20-18-16-14-10-2/h25-30,32-33H,9-24,31H2,1-8H3/p+2. The second kappa shape index (κ2) is 20.9. The van der Waals surface area contributed by atoms with Crippen molar-refractivity contribution >= 4 is 23.2 Å². The lowest BCUT2D eigenvalue weighted by molar-refractivity contribution is -0.673. The average Bonchev–Trinajstić information content (AvgIpc) is 3.70. The fourth-order valence-electron chi connectivity index (χ4n) is 7.69. The third-order valence-electron chi connectivity index (χ3n) is 10.7. The van der Waals surface area contributed by atoms with Crippen LogP contribution in [0.4, 0.5) is 11.4 Å². The number of hydrogen-bond donors (Lipinski definition) is 2. The molecule has 0 unspecified atom stereocenters. The number of hydrogen-bond acceptors (Lipinski definition) is 2. The molecule has 2 heterocycles. The van der Waals surface area contributed by atoms with Crippen molar-refractivity contribution in [3.8, 4) is 0 Å². The largest absolute Gasteiger partial charge is 0.348 e. The molecule has 0 spiro atoms. The zero-order valence-electron chi connectivity index (χ0n) is 34.2. The van der Waals surface area contributed by atoms with Crippen molar-refractivity contribution < 1.29 is 18.7 Å². The predicted octanol–water partition coefficient (Wildman–Crippen LogP) is 9.50. The summed E-state index contributed by atoms with van der Waals surface area (Å²) in [7, 11) is 3.89. The molecular formula is C45H68N6O2+2. The van der Waals surface area contributed by atoms with Gasteiger partial charge in [0, 0.05) is 11.4 Å². The minimum atomic E-state index is -0.0712. The van der Waals surface area contributed by atoms with E-state index in [9.17, 15) is 9.59 Å². The number of carbonyl (C=O) groups is 2. The number of nitrogens with zero attached hydrogens (tertiary/aromatic N) is 4. The van der Waals surface area contributed by atoms with Crippen LogP contribution in [-0.4, -0.2) is 20.9 Å². The molecule has 0 aliphatic rings. The van der Waals surface area contributed by atoms with Crippen molar-refractivity contribution in [2.45, 2.75) is 151 Å². The molecule has 0 bridgehead atoms. The van der Waals surface area contributed by atoms with Gasteiger partial charge < -0.3 is 10.6 Å². The van der Waals surface area contributed by atoms with Crippen molar-refractivity contribution in [2.75, 3.05) is 10.6 Å². The molecule has 4 aromatic rings. The van der Waals surface area contributed by atoms with E-state index in [1.807, 2.05) is 48.0 Å². The molecule has 288 valence electrons. The first-order chi connectivity index (χ1) is 25.6. The first-order valence-electron chi connectivity index (χ1n) is 20.6. The Kier molecular flexibility index (Phi) is 16.4. The molecule has 4 rings (SSSR count). The number of imidazole rings is 2. The monoisotopic (exact) mass is 725 g/mol. The summed E-state index contributed by atoms with van der Waals surface area (Å²) in [6.45, 7) is 14.7. The SMILES string of the molecule is CCCCCCCCn1cc[n+](C)c1C(=O)Nc1c(C)cc(Cc2cc(C)c(NC(=O)c3n(CCCCCCCC)cc[n+]3C)c(CC)c2)cc1CC. The lowest BCUT2D eigenvalue weighted by Crippen LogP contribution is -2.38. The molecule has 8 nitrogen and oxygen atoms in total. The van der Waals surface area contributed by atoms with E-state index in [-0.39, 0.29) is 11.8 Å². The first kappa shape index (κ1) is 41.6.